The van der Waals surface area contributed by atoms with Crippen molar-refractivity contribution >= 4 is 120 Å². The zero-order chi connectivity index (χ0) is 96.7. The minimum Gasteiger partial charge on any atom is -0.463 e. The van der Waals surface area contributed by atoms with Gasteiger partial charge in [0.05, 0.1) is 39.6 Å². The third-order valence-electron chi connectivity index (χ3n) is 19.5. The number of Topliss-reactive ketones (excluding diaryl/α,β-unsaturated/α-hetero) is 7. The molecule has 29 nitrogen and oxygen atoms in total. The van der Waals surface area contributed by atoms with Gasteiger partial charge in [0.25, 0.3) is 41.4 Å². The Labute approximate surface area is 760 Å². The number of benzene rings is 11. The van der Waals surface area contributed by atoms with Crippen LogP contribution in [-0.4, -0.2) is 213 Å². The van der Waals surface area contributed by atoms with E-state index >= 15 is 0 Å². The zero-order valence-electron chi connectivity index (χ0n) is 75.4. The van der Waals surface area contributed by atoms with Gasteiger partial charge in [0, 0.05) is 67.2 Å². The van der Waals surface area contributed by atoms with Crippen LogP contribution in [0.1, 0.15) is 139 Å². The van der Waals surface area contributed by atoms with Gasteiger partial charge >= 0.3 is 5.97 Å². The van der Waals surface area contributed by atoms with Crippen LogP contribution in [0.15, 0.2) is 261 Å². The second-order valence-corrected chi connectivity index (χ2v) is 29.9. The van der Waals surface area contributed by atoms with Gasteiger partial charge in [0.2, 0.25) is 0 Å². The lowest BCUT2D eigenvalue weighted by molar-refractivity contribution is -0.142. The standard InChI is InChI=1S/C17H17NO3.C16H17NO3.2C15H15NO3.C14H17NO4.C13H17NO3.C12H15NO3/c1-12(20)16(11-19)18-17(21)15-9-7-14(8-10-15)13-5-3-2-4-6-13;1-11(18)15(10-20-2)17-16(19)14-8-7-12-5-3-4-6-13(12)9-14;2*1-10(18)14(9-17)16-15(19)13-7-6-11-4-2-3-5-12(11)8-13;1-9-4-6-12(7-5-9)14(18)15-13(10(2)16)8-19-11(3)17;1-9-4-6-11(7-5-9)13(16)14-12(8-17-3)10(2)15;1-9(14)11(8-16-2)13-12(15)10-6-4-3-5-7-10/h2-10,16,19H,11H2,1H3,(H,18,21);3-9,15H,10H2,1-2H3,(H,17,19);2*2-8,14,17H,9H2,1H3,(H,16,19);4-7,13H,8H2,1-3H3,(H,15,18);4-7,12H,8H2,1-3H3,(H,14,16);3-7,11H,8H2,1-2H3,(H,13,15). The number of carbonyl (C=O) groups is 15. The minimum absolute atomic E-state index is 0.118. The lowest BCUT2D eigenvalue weighted by atomic mass is 10.0. The molecule has 0 bridgehead atoms. The molecule has 0 aliphatic rings. The van der Waals surface area contributed by atoms with Crippen LogP contribution in [0.5, 0.6) is 0 Å². The molecule has 0 heterocycles. The Morgan fingerprint density at radius 1 is 0.237 bits per heavy atom. The van der Waals surface area contributed by atoms with Gasteiger partial charge in [-0.05, 0) is 191 Å². The van der Waals surface area contributed by atoms with E-state index in [4.69, 9.17) is 34.3 Å². The van der Waals surface area contributed by atoms with E-state index in [1.165, 1.54) is 76.7 Å². The molecule has 0 saturated heterocycles. The van der Waals surface area contributed by atoms with Crippen LogP contribution in [0, 0.1) is 13.8 Å². The Bertz CT molecular complexity index is 5570. The summed E-state index contributed by atoms with van der Waals surface area (Å²) in [5, 5.41) is 51.2. The van der Waals surface area contributed by atoms with Crippen molar-refractivity contribution in [1.29, 1.82) is 0 Å². The maximum atomic E-state index is 12.2. The van der Waals surface area contributed by atoms with E-state index in [-0.39, 0.29) is 108 Å². The van der Waals surface area contributed by atoms with Crippen LogP contribution in [-0.2, 0) is 57.3 Å². The van der Waals surface area contributed by atoms with Crippen molar-refractivity contribution in [2.24, 2.45) is 0 Å². The van der Waals surface area contributed by atoms with Crippen LogP contribution in [0.2, 0.25) is 0 Å². The molecule has 7 unspecified atom stereocenters. The van der Waals surface area contributed by atoms with Gasteiger partial charge < -0.3 is 71.5 Å². The number of hydrogen-bond donors (Lipinski definition) is 10. The van der Waals surface area contributed by atoms with Gasteiger partial charge in [-0.3, -0.25) is 71.9 Å². The molecule has 11 aromatic rings. The van der Waals surface area contributed by atoms with Crippen molar-refractivity contribution in [3.63, 3.8) is 0 Å². The molecule has 0 spiro atoms. The van der Waals surface area contributed by atoms with E-state index in [0.717, 1.165) is 54.6 Å². The largest absolute Gasteiger partial charge is 0.463 e. The number of esters is 1. The molecule has 11 aromatic carbocycles. The molecule has 10 N–H and O–H groups in total. The molecular weight excluding hydrogens is 1680 g/mol. The molecule has 0 aliphatic carbocycles. The van der Waals surface area contributed by atoms with Crippen LogP contribution in [0.25, 0.3) is 43.4 Å². The van der Waals surface area contributed by atoms with Crippen molar-refractivity contribution in [1.82, 2.24) is 37.2 Å². The SMILES string of the molecule is CC(=O)C(CO)NC(=O)c1ccc(-c2ccccc2)cc1.CC(=O)C(CO)NC(=O)c1ccc2ccccc2c1.CC(=O)C(CO)NC(=O)c1ccc2ccccc2c1.CC(=O)OCC(NC(=O)c1ccc(C)cc1)C(C)=O.COCC(NC(=O)c1ccc(C)cc1)C(C)=O.COCC(NC(=O)c1ccc2ccccc2c1)C(C)=O.COCC(NC(=O)c1ccccc1)C(C)=O. The predicted octanol–water partition coefficient (Wildman–Crippen LogP) is 10.8. The van der Waals surface area contributed by atoms with Crippen LogP contribution < -0.4 is 37.2 Å². The molecule has 7 atom stereocenters. The first kappa shape index (κ1) is 107. The highest BCUT2D eigenvalue weighted by atomic mass is 16.5. The first-order chi connectivity index (χ1) is 62.5. The number of aryl methyl sites for hydroxylation is 2. The molecular formula is C102H113N7O22. The van der Waals surface area contributed by atoms with Crippen molar-refractivity contribution in [2.45, 2.75) is 112 Å². The Hall–Kier alpha value is -14.6. The van der Waals surface area contributed by atoms with Crippen molar-refractivity contribution < 1.29 is 106 Å². The highest BCUT2D eigenvalue weighted by molar-refractivity contribution is 6.05. The van der Waals surface area contributed by atoms with Gasteiger partial charge in [0.15, 0.2) is 40.5 Å². The molecule has 0 aromatic heterocycles. The quantitative estimate of drug-likeness (QED) is 0.0171. The molecule has 0 saturated carbocycles. The van der Waals surface area contributed by atoms with Gasteiger partial charge in [-0.2, -0.15) is 0 Å². The average Bonchev–Trinajstić information content (AvgIpc) is 0.835. The van der Waals surface area contributed by atoms with Crippen molar-refractivity contribution in [2.75, 3.05) is 67.6 Å². The fraction of sp³-hybridized carbons (Fsp3) is 0.265. The van der Waals surface area contributed by atoms with Gasteiger partial charge in [-0.25, -0.2) is 0 Å². The Morgan fingerprint density at radius 2 is 0.443 bits per heavy atom. The summed E-state index contributed by atoms with van der Waals surface area (Å²) >= 11 is 0. The number of ether oxygens (including phenoxy) is 4. The molecule has 0 radical (unpaired) electrons. The number of rotatable bonds is 33. The average molecular weight is 1790 g/mol. The van der Waals surface area contributed by atoms with Crippen molar-refractivity contribution in [3.05, 3.63) is 311 Å². The number of amides is 7. The second-order valence-electron chi connectivity index (χ2n) is 29.9. The second kappa shape index (κ2) is 56.6. The van der Waals surface area contributed by atoms with E-state index < -0.39 is 68.1 Å². The van der Waals surface area contributed by atoms with E-state index in [0.29, 0.717) is 38.9 Å². The molecule has 11 rings (SSSR count). The summed E-state index contributed by atoms with van der Waals surface area (Å²) < 4.78 is 19.4. The molecule has 0 aliphatic heterocycles. The number of ketones is 7. The topological polar surface area (TPSA) is 438 Å². The number of nitrogens with one attached hydrogen (secondary N) is 7. The first-order valence-corrected chi connectivity index (χ1v) is 41.5. The normalized spacial score (nSPS) is 11.9. The molecule has 688 valence electrons. The van der Waals surface area contributed by atoms with E-state index in [2.05, 4.69) is 37.2 Å². The van der Waals surface area contributed by atoms with Crippen LogP contribution in [0.3, 0.4) is 0 Å². The highest BCUT2D eigenvalue weighted by Gasteiger charge is 2.25. The Morgan fingerprint density at radius 3 is 0.695 bits per heavy atom. The summed E-state index contributed by atoms with van der Waals surface area (Å²) in [7, 11) is 4.48. The monoisotopic (exact) mass is 1790 g/mol. The predicted molar refractivity (Wildman–Crippen MR) is 500 cm³/mol. The van der Waals surface area contributed by atoms with Gasteiger partial charge in [-0.15, -0.1) is 0 Å². The molecule has 29 heteroatoms. The third kappa shape index (κ3) is 37.3. The fourth-order valence-corrected chi connectivity index (χ4v) is 11.7. The molecule has 7 amide bonds. The minimum atomic E-state index is -0.855. The third-order valence-corrected chi connectivity index (χ3v) is 19.5. The number of fused-ring (bicyclic) bond motifs is 3. The number of aliphatic hydroxyl groups is 3. The molecule has 131 heavy (non-hydrogen) atoms. The Kier molecular flexibility index (Phi) is 46.2. The summed E-state index contributed by atoms with van der Waals surface area (Å²) in [6, 6.07) is 74.0. The first-order valence-electron chi connectivity index (χ1n) is 41.5. The highest BCUT2D eigenvalue weighted by Crippen LogP contribution is 2.22. The number of carbonyl (C=O) groups excluding carboxylic acids is 15. The summed E-state index contributed by atoms with van der Waals surface area (Å²) in [6.45, 7) is 14.0. The summed E-state index contributed by atoms with van der Waals surface area (Å²) in [5.41, 5.74) is 7.67. The Balaban J connectivity index is 0.000000271. The maximum absolute atomic E-state index is 12.2. The number of aliphatic hydroxyl groups excluding tert-OH is 3. The van der Waals surface area contributed by atoms with Crippen LogP contribution in [0.4, 0.5) is 0 Å². The van der Waals surface area contributed by atoms with Crippen molar-refractivity contribution in [3.8, 4) is 11.1 Å². The van der Waals surface area contributed by atoms with E-state index in [1.54, 1.807) is 91.0 Å². The van der Waals surface area contributed by atoms with Crippen LogP contribution >= 0.6 is 0 Å². The maximum Gasteiger partial charge on any atom is 0.302 e. The van der Waals surface area contributed by atoms with Gasteiger partial charge in [-0.1, -0.05) is 187 Å². The van der Waals surface area contributed by atoms with E-state index in [1.807, 2.05) is 184 Å². The van der Waals surface area contributed by atoms with E-state index in [9.17, 15) is 71.9 Å². The lowest BCUT2D eigenvalue weighted by Crippen LogP contribution is -2.43. The van der Waals surface area contributed by atoms with Gasteiger partial charge in [0.1, 0.15) is 48.9 Å². The number of methoxy groups -OCH3 is 3. The summed E-state index contributed by atoms with van der Waals surface area (Å²) in [5.74, 6) is -4.18. The lowest BCUT2D eigenvalue weighted by Gasteiger charge is -2.15. The fourth-order valence-electron chi connectivity index (χ4n) is 11.7. The summed E-state index contributed by atoms with van der Waals surface area (Å²) in [6.07, 6.45) is 0. The smallest absolute Gasteiger partial charge is 0.302 e. The number of hydrogen-bond acceptors (Lipinski definition) is 22. The zero-order valence-corrected chi connectivity index (χ0v) is 75.4. The summed E-state index contributed by atoms with van der Waals surface area (Å²) in [4.78, 5) is 173. The molecule has 0 fully saturated rings.